The van der Waals surface area contributed by atoms with Crippen LogP contribution >= 0.6 is 0 Å². The number of nitrogens with two attached hydrogens (primary N) is 1. The standard InChI is InChI=1S/C38H38F3N5O7S/c1-26-5-8-33(9-6-26)54(48,49)52-18-17-51-16-15-50-14-13-45-25-30(24-44-45)29-22-35(37(42)43-23-29)53-32-7-10-34-28(21-32)11-12-46(34)36(47)20-27-3-2-4-31(19-27)38(39,40)41/h2-10,19,21-25H,11-18,20H2,1H3,(H2,42,43). The highest BCUT2D eigenvalue weighted by Gasteiger charge is 2.31. The maximum atomic E-state index is 13.1. The molecule has 0 radical (unpaired) electrons. The minimum atomic E-state index is -4.48. The van der Waals surface area contributed by atoms with Gasteiger partial charge in [-0.15, -0.1) is 0 Å². The number of carbonyl (C=O) groups is 1. The summed E-state index contributed by atoms with van der Waals surface area (Å²) in [6, 6.07) is 18.2. The van der Waals surface area contributed by atoms with Crippen LogP contribution in [0.5, 0.6) is 11.5 Å². The van der Waals surface area contributed by atoms with E-state index in [9.17, 15) is 26.4 Å². The van der Waals surface area contributed by atoms with Gasteiger partial charge in [0.1, 0.15) is 5.75 Å². The minimum Gasteiger partial charge on any atom is -0.453 e. The Labute approximate surface area is 310 Å². The Balaban J connectivity index is 0.951. The van der Waals surface area contributed by atoms with Crippen molar-refractivity contribution in [3.8, 4) is 22.6 Å². The van der Waals surface area contributed by atoms with E-state index in [1.165, 1.54) is 24.3 Å². The molecule has 2 aromatic heterocycles. The number of hydrogen-bond acceptors (Lipinski definition) is 10. The number of aromatic nitrogens is 3. The Morgan fingerprint density at radius 2 is 1.67 bits per heavy atom. The molecule has 284 valence electrons. The molecule has 0 unspecified atom stereocenters. The van der Waals surface area contributed by atoms with Crippen LogP contribution in [0, 0.1) is 6.92 Å². The highest BCUT2D eigenvalue weighted by atomic mass is 32.2. The largest absolute Gasteiger partial charge is 0.453 e. The number of pyridine rings is 1. The summed E-state index contributed by atoms with van der Waals surface area (Å²) in [4.78, 5) is 19.0. The molecule has 0 saturated heterocycles. The smallest absolute Gasteiger partial charge is 0.416 e. The molecule has 0 atom stereocenters. The van der Waals surface area contributed by atoms with Crippen molar-refractivity contribution in [2.45, 2.75) is 37.4 Å². The predicted molar refractivity (Wildman–Crippen MR) is 194 cm³/mol. The average Bonchev–Trinajstić information content (AvgIpc) is 3.79. The molecule has 0 fully saturated rings. The first-order valence-electron chi connectivity index (χ1n) is 17.0. The molecule has 12 nitrogen and oxygen atoms in total. The molecule has 0 saturated carbocycles. The Hall–Kier alpha value is -5.29. The van der Waals surface area contributed by atoms with Gasteiger partial charge in [0.15, 0.2) is 11.6 Å². The van der Waals surface area contributed by atoms with Crippen LogP contribution < -0.4 is 15.4 Å². The van der Waals surface area contributed by atoms with Gasteiger partial charge >= 0.3 is 6.18 Å². The summed E-state index contributed by atoms with van der Waals surface area (Å²) in [6.45, 7) is 3.67. The fourth-order valence-electron chi connectivity index (χ4n) is 5.74. The molecule has 0 aliphatic carbocycles. The van der Waals surface area contributed by atoms with Crippen LogP contribution in [0.2, 0.25) is 0 Å². The number of alkyl halides is 3. The van der Waals surface area contributed by atoms with Crippen molar-refractivity contribution in [3.63, 3.8) is 0 Å². The lowest BCUT2D eigenvalue weighted by Gasteiger charge is -2.18. The van der Waals surface area contributed by atoms with E-state index in [-0.39, 0.29) is 42.9 Å². The van der Waals surface area contributed by atoms with Gasteiger partial charge in [-0.3, -0.25) is 13.7 Å². The van der Waals surface area contributed by atoms with Crippen LogP contribution in [0.3, 0.4) is 0 Å². The number of ether oxygens (including phenoxy) is 3. The lowest BCUT2D eigenvalue weighted by atomic mass is 10.1. The van der Waals surface area contributed by atoms with E-state index in [0.29, 0.717) is 55.5 Å². The van der Waals surface area contributed by atoms with Gasteiger partial charge in [-0.2, -0.15) is 26.7 Å². The van der Waals surface area contributed by atoms with Crippen LogP contribution in [0.15, 0.2) is 96.3 Å². The molecule has 1 aliphatic rings. The molecule has 6 rings (SSSR count). The van der Waals surface area contributed by atoms with E-state index >= 15 is 0 Å². The first kappa shape index (κ1) is 38.4. The number of aryl methyl sites for hydroxylation is 1. The monoisotopic (exact) mass is 765 g/mol. The number of carbonyl (C=O) groups excluding carboxylic acids is 1. The molecule has 2 N–H and O–H groups in total. The second kappa shape index (κ2) is 16.8. The SMILES string of the molecule is Cc1ccc(S(=O)(=O)OCCOCCOCCn2cc(-c3cnc(N)c(Oc4ccc5c(c4)CCN5C(=O)Cc4cccc(C(F)(F)F)c4)c3)cn2)cc1. The third-order valence-corrected chi connectivity index (χ3v) is 9.87. The first-order chi connectivity index (χ1) is 25.9. The number of rotatable bonds is 16. The summed E-state index contributed by atoms with van der Waals surface area (Å²) in [6.07, 6.45) is 1.06. The van der Waals surface area contributed by atoms with Crippen LogP contribution in [0.4, 0.5) is 24.7 Å². The fraction of sp³-hybridized carbons (Fsp3) is 0.289. The number of fused-ring (bicyclic) bond motifs is 1. The Bertz CT molecular complexity index is 2190. The van der Waals surface area contributed by atoms with Crippen molar-refractivity contribution < 1.29 is 44.8 Å². The van der Waals surface area contributed by atoms with Gasteiger partial charge in [0.2, 0.25) is 5.91 Å². The topological polar surface area (TPSA) is 148 Å². The molecule has 3 heterocycles. The van der Waals surface area contributed by atoms with Crippen LogP contribution in [-0.2, 0) is 54.1 Å². The van der Waals surface area contributed by atoms with Crippen LogP contribution in [0.25, 0.3) is 11.1 Å². The van der Waals surface area contributed by atoms with Gasteiger partial charge in [-0.1, -0.05) is 35.9 Å². The van der Waals surface area contributed by atoms with E-state index in [0.717, 1.165) is 34.4 Å². The zero-order valence-corrected chi connectivity index (χ0v) is 30.1. The molecule has 1 amide bonds. The Morgan fingerprint density at radius 3 is 2.44 bits per heavy atom. The third-order valence-electron chi connectivity index (χ3n) is 8.55. The maximum Gasteiger partial charge on any atom is 0.416 e. The summed E-state index contributed by atoms with van der Waals surface area (Å²) in [5.41, 5.74) is 9.64. The second-order valence-electron chi connectivity index (χ2n) is 12.5. The number of benzene rings is 3. The summed E-state index contributed by atoms with van der Waals surface area (Å²) < 4.78 is 87.8. The van der Waals surface area contributed by atoms with Gasteiger partial charge in [0, 0.05) is 35.8 Å². The molecular formula is C38H38F3N5O7S. The van der Waals surface area contributed by atoms with Crippen molar-refractivity contribution in [1.29, 1.82) is 0 Å². The van der Waals surface area contributed by atoms with Gasteiger partial charge in [0.25, 0.3) is 10.1 Å². The molecular weight excluding hydrogens is 728 g/mol. The van der Waals surface area contributed by atoms with E-state index in [1.54, 1.807) is 52.3 Å². The lowest BCUT2D eigenvalue weighted by Crippen LogP contribution is -2.30. The highest BCUT2D eigenvalue weighted by molar-refractivity contribution is 7.86. The summed E-state index contributed by atoms with van der Waals surface area (Å²) >= 11 is 0. The van der Waals surface area contributed by atoms with Crippen LogP contribution in [-0.4, -0.2) is 68.7 Å². The molecule has 5 aromatic rings. The van der Waals surface area contributed by atoms with E-state index < -0.39 is 21.9 Å². The second-order valence-corrected chi connectivity index (χ2v) is 14.1. The van der Waals surface area contributed by atoms with Crippen molar-refractivity contribution in [1.82, 2.24) is 14.8 Å². The number of anilines is 2. The summed E-state index contributed by atoms with van der Waals surface area (Å²) in [5, 5.41) is 4.39. The molecule has 3 aromatic carbocycles. The zero-order chi connectivity index (χ0) is 38.3. The molecule has 54 heavy (non-hydrogen) atoms. The quantitative estimate of drug-likeness (QED) is 0.0908. The Morgan fingerprint density at radius 1 is 0.907 bits per heavy atom. The van der Waals surface area contributed by atoms with E-state index in [2.05, 4.69) is 10.1 Å². The van der Waals surface area contributed by atoms with E-state index in [1.807, 2.05) is 19.2 Å². The molecule has 1 aliphatic heterocycles. The molecule has 0 spiro atoms. The number of halogens is 3. The van der Waals surface area contributed by atoms with Crippen molar-refractivity contribution in [2.24, 2.45) is 0 Å². The lowest BCUT2D eigenvalue weighted by molar-refractivity contribution is -0.137. The van der Waals surface area contributed by atoms with Crippen molar-refractivity contribution >= 4 is 27.5 Å². The number of nitrogens with zero attached hydrogens (tertiary/aromatic N) is 4. The van der Waals surface area contributed by atoms with Gasteiger partial charge in [-0.25, -0.2) is 4.98 Å². The van der Waals surface area contributed by atoms with Crippen molar-refractivity contribution in [2.75, 3.05) is 50.2 Å². The summed E-state index contributed by atoms with van der Waals surface area (Å²) in [5.74, 6) is 0.705. The Kier molecular flexibility index (Phi) is 12.0. The predicted octanol–water partition coefficient (Wildman–Crippen LogP) is 6.22. The van der Waals surface area contributed by atoms with Crippen molar-refractivity contribution in [3.05, 3.63) is 114 Å². The number of hydrogen-bond donors (Lipinski definition) is 1. The normalized spacial score (nSPS) is 12.9. The number of nitrogen functional groups attached to an aromatic ring is 1. The zero-order valence-electron chi connectivity index (χ0n) is 29.3. The molecule has 16 heteroatoms. The third kappa shape index (κ3) is 9.82. The minimum absolute atomic E-state index is 0.0967. The fourth-order valence-corrected chi connectivity index (χ4v) is 6.63. The highest BCUT2D eigenvalue weighted by Crippen LogP contribution is 2.36. The molecule has 0 bridgehead atoms. The van der Waals surface area contributed by atoms with E-state index in [4.69, 9.17) is 24.1 Å². The summed E-state index contributed by atoms with van der Waals surface area (Å²) in [7, 11) is -3.83. The van der Waals surface area contributed by atoms with Gasteiger partial charge < -0.3 is 24.8 Å². The maximum absolute atomic E-state index is 13.1. The average molecular weight is 766 g/mol. The van der Waals surface area contributed by atoms with Crippen LogP contribution in [0.1, 0.15) is 22.3 Å². The van der Waals surface area contributed by atoms with Gasteiger partial charge in [0.05, 0.1) is 62.7 Å². The van der Waals surface area contributed by atoms with Gasteiger partial charge in [-0.05, 0) is 66.9 Å². The number of amides is 1. The first-order valence-corrected chi connectivity index (χ1v) is 18.4.